The molecule has 2 heterocycles. The molecule has 0 saturated carbocycles. The molecule has 8 heteroatoms. The van der Waals surface area contributed by atoms with Crippen molar-refractivity contribution in [2.24, 2.45) is 0 Å². The molecule has 1 aliphatic heterocycles. The third kappa shape index (κ3) is 4.10. The molecule has 0 bridgehead atoms. The van der Waals surface area contributed by atoms with Gasteiger partial charge in [0.25, 0.3) is 0 Å². The van der Waals surface area contributed by atoms with Crippen LogP contribution >= 0.6 is 22.9 Å². The predicted octanol–water partition coefficient (Wildman–Crippen LogP) is 1.77. The minimum Gasteiger partial charge on any atom is -0.338 e. The minimum absolute atomic E-state index is 0.196. The average Bonchev–Trinajstić information content (AvgIpc) is 2.97. The largest absolute Gasteiger partial charge is 0.338 e. The second-order valence-electron chi connectivity index (χ2n) is 4.87. The molecular weight excluding hydrogens is 320 g/mol. The first-order valence-corrected chi connectivity index (χ1v) is 9.47. The van der Waals surface area contributed by atoms with Crippen LogP contribution in [0, 0.1) is 0 Å². The van der Waals surface area contributed by atoms with Crippen molar-refractivity contribution in [2.75, 3.05) is 25.9 Å². The molecule has 1 N–H and O–H groups in total. The zero-order valence-corrected chi connectivity index (χ0v) is 13.5. The first-order valence-electron chi connectivity index (χ1n) is 6.32. The lowest BCUT2D eigenvalue weighted by atomic mass is 10.3. The summed E-state index contributed by atoms with van der Waals surface area (Å²) in [6.45, 7) is 1.31. The molecule has 5 nitrogen and oxygen atoms in total. The number of thiophene rings is 1. The van der Waals surface area contributed by atoms with Gasteiger partial charge in [0, 0.05) is 30.8 Å². The highest BCUT2D eigenvalue weighted by Crippen LogP contribution is 2.21. The van der Waals surface area contributed by atoms with Gasteiger partial charge in [-0.1, -0.05) is 11.6 Å². The van der Waals surface area contributed by atoms with Gasteiger partial charge < -0.3 is 10.2 Å². The molecule has 20 heavy (non-hydrogen) atoms. The van der Waals surface area contributed by atoms with Gasteiger partial charge in [0.05, 0.1) is 9.59 Å². The number of nitrogens with one attached hydrogen (secondary N) is 1. The van der Waals surface area contributed by atoms with Gasteiger partial charge >= 0.3 is 6.03 Å². The van der Waals surface area contributed by atoms with Crippen molar-refractivity contribution in [3.63, 3.8) is 0 Å². The first kappa shape index (κ1) is 15.6. The van der Waals surface area contributed by atoms with Crippen LogP contribution in [0.1, 0.15) is 11.3 Å². The minimum atomic E-state index is -3.06. The van der Waals surface area contributed by atoms with Crippen molar-refractivity contribution in [3.05, 3.63) is 21.3 Å². The first-order chi connectivity index (χ1) is 9.36. The molecule has 0 radical (unpaired) electrons. The van der Waals surface area contributed by atoms with E-state index in [4.69, 9.17) is 11.6 Å². The van der Waals surface area contributed by atoms with Crippen LogP contribution in [0.4, 0.5) is 4.79 Å². The van der Waals surface area contributed by atoms with Gasteiger partial charge in [-0.25, -0.2) is 13.2 Å². The van der Waals surface area contributed by atoms with E-state index in [0.29, 0.717) is 19.5 Å². The van der Waals surface area contributed by atoms with Crippen LogP contribution in [-0.4, -0.2) is 50.5 Å². The Kier molecular flexibility index (Phi) is 4.93. The summed E-state index contributed by atoms with van der Waals surface area (Å²) in [5.74, 6) is 0. The highest BCUT2D eigenvalue weighted by atomic mass is 35.5. The standard InChI is InChI=1S/C12H17ClN2O3S2/c1-20(17,18)10-5-7-15(8-10)12(16)14-6-4-9-2-3-11(13)19-9/h2-3,10H,4-8H2,1H3,(H,14,16)/t10-/m0/s1. The van der Waals surface area contributed by atoms with Crippen molar-refractivity contribution in [1.82, 2.24) is 10.2 Å². The van der Waals surface area contributed by atoms with E-state index >= 15 is 0 Å². The van der Waals surface area contributed by atoms with Gasteiger partial charge in [-0.15, -0.1) is 11.3 Å². The number of carbonyl (C=O) groups excluding carboxylic acids is 1. The van der Waals surface area contributed by atoms with E-state index in [0.717, 1.165) is 15.6 Å². The Balaban J connectivity index is 1.76. The zero-order valence-electron chi connectivity index (χ0n) is 11.1. The molecule has 1 atom stereocenters. The maximum atomic E-state index is 11.9. The number of amides is 2. The second kappa shape index (κ2) is 6.32. The van der Waals surface area contributed by atoms with E-state index in [9.17, 15) is 13.2 Å². The summed E-state index contributed by atoms with van der Waals surface area (Å²) in [6.07, 6.45) is 2.47. The second-order valence-corrected chi connectivity index (χ2v) is 9.00. The fourth-order valence-electron chi connectivity index (χ4n) is 2.15. The van der Waals surface area contributed by atoms with Crippen LogP contribution in [0.5, 0.6) is 0 Å². The van der Waals surface area contributed by atoms with Crippen LogP contribution in [-0.2, 0) is 16.3 Å². The van der Waals surface area contributed by atoms with Crippen molar-refractivity contribution in [1.29, 1.82) is 0 Å². The van der Waals surface area contributed by atoms with Crippen molar-refractivity contribution >= 4 is 38.8 Å². The number of hydrogen-bond donors (Lipinski definition) is 1. The fraction of sp³-hybridized carbons (Fsp3) is 0.583. The van der Waals surface area contributed by atoms with Crippen molar-refractivity contribution in [2.45, 2.75) is 18.1 Å². The summed E-state index contributed by atoms with van der Waals surface area (Å²) < 4.78 is 23.6. The van der Waals surface area contributed by atoms with E-state index in [1.165, 1.54) is 17.6 Å². The normalized spacial score (nSPS) is 19.3. The molecule has 1 aromatic heterocycles. The number of rotatable bonds is 4. The van der Waals surface area contributed by atoms with Crippen LogP contribution in [0.3, 0.4) is 0 Å². The van der Waals surface area contributed by atoms with Gasteiger partial charge in [-0.05, 0) is 25.0 Å². The molecule has 1 aliphatic rings. The molecule has 1 fully saturated rings. The van der Waals surface area contributed by atoms with Crippen molar-refractivity contribution in [3.8, 4) is 0 Å². The molecule has 1 saturated heterocycles. The Labute approximate surface area is 127 Å². The maximum Gasteiger partial charge on any atom is 0.317 e. The highest BCUT2D eigenvalue weighted by Gasteiger charge is 2.32. The fourth-order valence-corrected chi connectivity index (χ4v) is 4.22. The molecule has 0 spiro atoms. The van der Waals surface area contributed by atoms with Crippen LogP contribution in [0.15, 0.2) is 12.1 Å². The Hall–Kier alpha value is -0.790. The Morgan fingerprint density at radius 3 is 2.85 bits per heavy atom. The Morgan fingerprint density at radius 2 is 2.30 bits per heavy atom. The van der Waals surface area contributed by atoms with Crippen LogP contribution < -0.4 is 5.32 Å². The summed E-state index contributed by atoms with van der Waals surface area (Å²) in [5.41, 5.74) is 0. The number of carbonyl (C=O) groups is 1. The number of urea groups is 1. The summed E-state index contributed by atoms with van der Waals surface area (Å²) in [6, 6.07) is 3.58. The van der Waals surface area contributed by atoms with Gasteiger partial charge in [-0.3, -0.25) is 0 Å². The quantitative estimate of drug-likeness (QED) is 0.911. The van der Waals surface area contributed by atoms with E-state index in [-0.39, 0.29) is 12.6 Å². The molecule has 112 valence electrons. The number of hydrogen-bond acceptors (Lipinski definition) is 4. The molecular formula is C12H17ClN2O3S2. The van der Waals surface area contributed by atoms with Gasteiger partial charge in [0.2, 0.25) is 0 Å². The summed E-state index contributed by atoms with van der Waals surface area (Å²) >= 11 is 7.33. The number of nitrogens with zero attached hydrogens (tertiary/aromatic N) is 1. The van der Waals surface area contributed by atoms with Gasteiger partial charge in [0.15, 0.2) is 9.84 Å². The molecule has 0 aliphatic carbocycles. The predicted molar refractivity (Wildman–Crippen MR) is 81.3 cm³/mol. The SMILES string of the molecule is CS(=O)(=O)[C@H]1CCN(C(=O)NCCc2ccc(Cl)s2)C1. The maximum absolute atomic E-state index is 11.9. The van der Waals surface area contributed by atoms with Crippen molar-refractivity contribution < 1.29 is 13.2 Å². The Morgan fingerprint density at radius 1 is 1.55 bits per heavy atom. The lowest BCUT2D eigenvalue weighted by Crippen LogP contribution is -2.40. The summed E-state index contributed by atoms with van der Waals surface area (Å²) in [4.78, 5) is 14.6. The molecule has 2 rings (SSSR count). The number of sulfone groups is 1. The summed E-state index contributed by atoms with van der Waals surface area (Å²) in [7, 11) is -3.06. The summed E-state index contributed by atoms with van der Waals surface area (Å²) in [5, 5.41) is 2.38. The average molecular weight is 337 g/mol. The Bertz CT molecular complexity index is 585. The number of halogens is 1. The highest BCUT2D eigenvalue weighted by molar-refractivity contribution is 7.91. The van der Waals surface area contributed by atoms with E-state index < -0.39 is 15.1 Å². The zero-order chi connectivity index (χ0) is 14.8. The van der Waals surface area contributed by atoms with Crippen LogP contribution in [0.25, 0.3) is 0 Å². The van der Waals surface area contributed by atoms with Gasteiger partial charge in [0.1, 0.15) is 0 Å². The third-order valence-electron chi connectivity index (χ3n) is 3.31. The van der Waals surface area contributed by atoms with E-state index in [1.54, 1.807) is 4.90 Å². The van der Waals surface area contributed by atoms with E-state index in [2.05, 4.69) is 5.32 Å². The lowest BCUT2D eigenvalue weighted by molar-refractivity contribution is 0.209. The van der Waals surface area contributed by atoms with Crippen LogP contribution in [0.2, 0.25) is 4.34 Å². The monoisotopic (exact) mass is 336 g/mol. The third-order valence-corrected chi connectivity index (χ3v) is 6.20. The van der Waals surface area contributed by atoms with Gasteiger partial charge in [-0.2, -0.15) is 0 Å². The molecule has 2 amide bonds. The molecule has 0 unspecified atom stereocenters. The molecule has 0 aromatic carbocycles. The smallest absolute Gasteiger partial charge is 0.317 e. The molecule has 1 aromatic rings. The lowest BCUT2D eigenvalue weighted by Gasteiger charge is -2.16. The number of likely N-dealkylation sites (tertiary alicyclic amines) is 1. The van der Waals surface area contributed by atoms with E-state index in [1.807, 2.05) is 12.1 Å². The topological polar surface area (TPSA) is 66.5 Å².